The summed E-state index contributed by atoms with van der Waals surface area (Å²) in [6.07, 6.45) is 1.22. The standard InChI is InChI=1S/C37H38O6S2/c1-3-33(44)35(38)42-23-21-40-27-17-13-25(14-18-27)37(31-11-7-5-9-29(31)30-10-6-8-12-32(30)37)26-15-19-28(20-16-26)41-22-24-43-36(39)34(45)4-2/h5-20,33-34,44-45H,3-4,21-24H2,1-2H3. The van der Waals surface area contributed by atoms with Crippen LogP contribution in [-0.4, -0.2) is 48.9 Å². The van der Waals surface area contributed by atoms with Gasteiger partial charge < -0.3 is 18.9 Å². The molecule has 45 heavy (non-hydrogen) atoms. The number of ether oxygens (including phenoxy) is 4. The molecule has 0 bridgehead atoms. The molecule has 0 N–H and O–H groups in total. The van der Waals surface area contributed by atoms with Crippen LogP contribution in [0.15, 0.2) is 97.1 Å². The highest BCUT2D eigenvalue weighted by molar-refractivity contribution is 7.82. The highest BCUT2D eigenvalue weighted by atomic mass is 32.1. The first kappa shape index (κ1) is 32.5. The Morgan fingerprint density at radius 1 is 0.578 bits per heavy atom. The van der Waals surface area contributed by atoms with Crippen LogP contribution in [0.4, 0.5) is 0 Å². The van der Waals surface area contributed by atoms with E-state index >= 15 is 0 Å². The van der Waals surface area contributed by atoms with Crippen LogP contribution in [0.2, 0.25) is 0 Å². The number of carbonyl (C=O) groups is 2. The van der Waals surface area contributed by atoms with Crippen LogP contribution >= 0.6 is 25.3 Å². The second kappa shape index (κ2) is 14.9. The van der Waals surface area contributed by atoms with E-state index in [0.717, 1.165) is 11.1 Å². The van der Waals surface area contributed by atoms with E-state index in [4.69, 9.17) is 18.9 Å². The number of thiol groups is 2. The molecule has 1 aliphatic carbocycles. The monoisotopic (exact) mass is 642 g/mol. The van der Waals surface area contributed by atoms with Crippen molar-refractivity contribution in [2.75, 3.05) is 26.4 Å². The number of fused-ring (bicyclic) bond motifs is 3. The molecule has 0 aliphatic heterocycles. The second-order valence-corrected chi connectivity index (χ2v) is 12.0. The zero-order valence-electron chi connectivity index (χ0n) is 25.5. The normalized spacial score (nSPS) is 14.0. The Morgan fingerprint density at radius 2 is 0.956 bits per heavy atom. The van der Waals surface area contributed by atoms with Crippen molar-refractivity contribution in [1.82, 2.24) is 0 Å². The molecule has 2 atom stereocenters. The quantitative estimate of drug-likeness (QED) is 0.0752. The smallest absolute Gasteiger partial charge is 0.318 e. The van der Waals surface area contributed by atoms with E-state index in [2.05, 4.69) is 98.1 Å². The van der Waals surface area contributed by atoms with Crippen LogP contribution in [0.3, 0.4) is 0 Å². The van der Waals surface area contributed by atoms with Gasteiger partial charge in [0, 0.05) is 0 Å². The number of hydrogen-bond donors (Lipinski definition) is 2. The third kappa shape index (κ3) is 6.87. The van der Waals surface area contributed by atoms with Gasteiger partial charge in [0.05, 0.1) is 15.9 Å². The van der Waals surface area contributed by atoms with E-state index in [1.807, 2.05) is 38.1 Å². The van der Waals surface area contributed by atoms with Crippen LogP contribution in [0.5, 0.6) is 11.5 Å². The topological polar surface area (TPSA) is 71.1 Å². The minimum absolute atomic E-state index is 0.160. The van der Waals surface area contributed by atoms with Crippen molar-refractivity contribution >= 4 is 37.2 Å². The van der Waals surface area contributed by atoms with Crippen LogP contribution in [0, 0.1) is 0 Å². The molecule has 0 radical (unpaired) electrons. The van der Waals surface area contributed by atoms with Gasteiger partial charge in [-0.05, 0) is 70.5 Å². The molecule has 0 spiro atoms. The van der Waals surface area contributed by atoms with Gasteiger partial charge >= 0.3 is 11.9 Å². The highest BCUT2D eigenvalue weighted by Crippen LogP contribution is 2.56. The Kier molecular flexibility index (Phi) is 10.8. The molecule has 0 saturated heterocycles. The number of rotatable bonds is 14. The zero-order valence-corrected chi connectivity index (χ0v) is 27.3. The molecule has 5 rings (SSSR count). The molecule has 0 aromatic heterocycles. The number of carbonyl (C=O) groups excluding carboxylic acids is 2. The number of hydrogen-bond acceptors (Lipinski definition) is 8. The predicted octanol–water partition coefficient (Wildman–Crippen LogP) is 7.31. The van der Waals surface area contributed by atoms with E-state index in [-0.39, 0.29) is 38.4 Å². The van der Waals surface area contributed by atoms with E-state index in [1.54, 1.807) is 0 Å². The Morgan fingerprint density at radius 3 is 1.33 bits per heavy atom. The predicted molar refractivity (Wildman–Crippen MR) is 183 cm³/mol. The molecule has 8 heteroatoms. The third-order valence-electron chi connectivity index (χ3n) is 8.04. The summed E-state index contributed by atoms with van der Waals surface area (Å²) in [5.74, 6) is 0.711. The first-order chi connectivity index (χ1) is 21.9. The van der Waals surface area contributed by atoms with E-state index in [1.165, 1.54) is 22.3 Å². The van der Waals surface area contributed by atoms with Crippen molar-refractivity contribution in [3.05, 3.63) is 119 Å². The van der Waals surface area contributed by atoms with Crippen molar-refractivity contribution in [3.8, 4) is 22.6 Å². The molecule has 6 nitrogen and oxygen atoms in total. The molecule has 0 fully saturated rings. The van der Waals surface area contributed by atoms with Crippen molar-refractivity contribution in [1.29, 1.82) is 0 Å². The van der Waals surface area contributed by atoms with Gasteiger partial charge in [-0.2, -0.15) is 25.3 Å². The second-order valence-electron chi connectivity index (χ2n) is 10.8. The van der Waals surface area contributed by atoms with Crippen LogP contribution < -0.4 is 9.47 Å². The Hall–Kier alpha value is -3.88. The maximum atomic E-state index is 11.9. The number of benzene rings is 4. The fourth-order valence-electron chi connectivity index (χ4n) is 5.76. The van der Waals surface area contributed by atoms with Gasteiger partial charge in [-0.25, -0.2) is 0 Å². The van der Waals surface area contributed by atoms with E-state index in [9.17, 15) is 9.59 Å². The first-order valence-corrected chi connectivity index (χ1v) is 16.3. The largest absolute Gasteiger partial charge is 0.490 e. The molecule has 234 valence electrons. The van der Waals surface area contributed by atoms with Gasteiger partial charge in [0.2, 0.25) is 0 Å². The molecule has 2 unspecified atom stereocenters. The van der Waals surface area contributed by atoms with Gasteiger partial charge in [0.15, 0.2) is 0 Å². The maximum Gasteiger partial charge on any atom is 0.318 e. The maximum absolute atomic E-state index is 11.9. The van der Waals surface area contributed by atoms with Crippen molar-refractivity contribution in [3.63, 3.8) is 0 Å². The van der Waals surface area contributed by atoms with Gasteiger partial charge in [-0.1, -0.05) is 86.6 Å². The first-order valence-electron chi connectivity index (χ1n) is 15.3. The Balaban J connectivity index is 1.40. The van der Waals surface area contributed by atoms with Crippen LogP contribution in [-0.2, 0) is 24.5 Å². The average molecular weight is 643 g/mol. The highest BCUT2D eigenvalue weighted by Gasteiger charge is 2.45. The van der Waals surface area contributed by atoms with Crippen molar-refractivity contribution < 1.29 is 28.5 Å². The molecule has 0 amide bonds. The minimum atomic E-state index is -0.571. The fraction of sp³-hybridized carbons (Fsp3) is 0.297. The lowest BCUT2D eigenvalue weighted by Gasteiger charge is -2.34. The third-order valence-corrected chi connectivity index (χ3v) is 9.19. The molecule has 4 aromatic rings. The van der Waals surface area contributed by atoms with Gasteiger partial charge in [0.1, 0.15) is 37.9 Å². The van der Waals surface area contributed by atoms with Crippen LogP contribution in [0.25, 0.3) is 11.1 Å². The molecule has 4 aromatic carbocycles. The van der Waals surface area contributed by atoms with E-state index < -0.39 is 15.9 Å². The van der Waals surface area contributed by atoms with Gasteiger partial charge in [-0.15, -0.1) is 0 Å². The van der Waals surface area contributed by atoms with Crippen LogP contribution in [0.1, 0.15) is 48.9 Å². The van der Waals surface area contributed by atoms with Gasteiger partial charge in [0.25, 0.3) is 0 Å². The summed E-state index contributed by atoms with van der Waals surface area (Å²) in [5.41, 5.74) is 6.40. The summed E-state index contributed by atoms with van der Waals surface area (Å²) in [4.78, 5) is 23.8. The average Bonchev–Trinajstić information content (AvgIpc) is 3.39. The van der Waals surface area contributed by atoms with Crippen molar-refractivity contribution in [2.45, 2.75) is 42.6 Å². The molecule has 1 aliphatic rings. The molecular weight excluding hydrogens is 605 g/mol. The molecular formula is C37H38O6S2. The summed E-state index contributed by atoms with van der Waals surface area (Å²) in [5, 5.41) is -0.843. The summed E-state index contributed by atoms with van der Waals surface area (Å²) in [7, 11) is 0. The van der Waals surface area contributed by atoms with E-state index in [0.29, 0.717) is 24.3 Å². The molecule has 0 heterocycles. The summed E-state index contributed by atoms with van der Waals surface area (Å²) < 4.78 is 22.3. The number of esters is 2. The lowest BCUT2D eigenvalue weighted by atomic mass is 9.68. The lowest BCUT2D eigenvalue weighted by molar-refractivity contribution is -0.144. The zero-order chi connectivity index (χ0) is 31.8. The fourth-order valence-corrected chi connectivity index (χ4v) is 5.90. The molecule has 0 saturated carbocycles. The van der Waals surface area contributed by atoms with Gasteiger partial charge in [-0.3, -0.25) is 9.59 Å². The summed E-state index contributed by atoms with van der Waals surface area (Å²) >= 11 is 8.46. The lowest BCUT2D eigenvalue weighted by Crippen LogP contribution is -2.28. The summed E-state index contributed by atoms with van der Waals surface area (Å²) in [6, 6.07) is 33.3. The Labute approximate surface area is 275 Å². The van der Waals surface area contributed by atoms with Crippen molar-refractivity contribution in [2.24, 2.45) is 0 Å². The minimum Gasteiger partial charge on any atom is -0.490 e. The SMILES string of the molecule is CCC(S)C(=O)OCCOc1ccc(C2(c3ccc(OCCOC(=O)C(S)CC)cc3)c3ccccc3-c3ccccc32)cc1. The summed E-state index contributed by atoms with van der Waals surface area (Å²) in [6.45, 7) is 4.60. The Bertz CT molecular complexity index is 1480.